The van der Waals surface area contributed by atoms with Gasteiger partial charge in [0.15, 0.2) is 0 Å². The Morgan fingerprint density at radius 3 is 1.94 bits per heavy atom. The second kappa shape index (κ2) is 10.0. The summed E-state index contributed by atoms with van der Waals surface area (Å²) < 4.78 is 0. The maximum atomic E-state index is 9.48. The molecular formula is C12H29N3O. The van der Waals surface area contributed by atoms with Gasteiger partial charge in [0.2, 0.25) is 0 Å². The molecular weight excluding hydrogens is 202 g/mol. The first-order chi connectivity index (χ1) is 7.67. The van der Waals surface area contributed by atoms with Crippen molar-refractivity contribution in [3.05, 3.63) is 0 Å². The molecule has 0 aliphatic heterocycles. The average Bonchev–Trinajstić information content (AvgIpc) is 2.32. The molecule has 1 atom stereocenters. The lowest BCUT2D eigenvalue weighted by molar-refractivity contribution is 0.118. The van der Waals surface area contributed by atoms with Crippen molar-refractivity contribution in [2.75, 3.05) is 45.8 Å². The molecule has 0 aliphatic rings. The molecule has 0 aromatic carbocycles. The molecule has 0 aliphatic carbocycles. The maximum absolute atomic E-state index is 9.48. The third-order valence-corrected chi connectivity index (χ3v) is 3.03. The largest absolute Gasteiger partial charge is 0.390 e. The SMILES string of the molecule is CCN(CC)CCCN(CC)CC(O)CN. The number of hydrogen-bond donors (Lipinski definition) is 2. The zero-order chi connectivity index (χ0) is 12.4. The van der Waals surface area contributed by atoms with Crippen molar-refractivity contribution in [1.29, 1.82) is 0 Å². The van der Waals surface area contributed by atoms with Gasteiger partial charge < -0.3 is 20.6 Å². The number of aliphatic hydroxyl groups is 1. The quantitative estimate of drug-likeness (QED) is 0.570. The fourth-order valence-electron chi connectivity index (χ4n) is 1.81. The van der Waals surface area contributed by atoms with Crippen LogP contribution in [0.4, 0.5) is 0 Å². The first kappa shape index (κ1) is 15.8. The van der Waals surface area contributed by atoms with Crippen LogP contribution in [0.15, 0.2) is 0 Å². The molecule has 0 saturated carbocycles. The van der Waals surface area contributed by atoms with Gasteiger partial charge in [-0.2, -0.15) is 0 Å². The normalized spacial score (nSPS) is 13.7. The molecule has 0 aromatic heterocycles. The minimum Gasteiger partial charge on any atom is -0.390 e. The summed E-state index contributed by atoms with van der Waals surface area (Å²) in [5.41, 5.74) is 5.41. The highest BCUT2D eigenvalue weighted by Gasteiger charge is 2.08. The zero-order valence-electron chi connectivity index (χ0n) is 11.2. The van der Waals surface area contributed by atoms with E-state index >= 15 is 0 Å². The van der Waals surface area contributed by atoms with Gasteiger partial charge in [0.1, 0.15) is 0 Å². The topological polar surface area (TPSA) is 52.7 Å². The molecule has 0 heterocycles. The van der Waals surface area contributed by atoms with Crippen molar-refractivity contribution in [2.24, 2.45) is 5.73 Å². The van der Waals surface area contributed by atoms with Crippen LogP contribution in [0.1, 0.15) is 27.2 Å². The van der Waals surface area contributed by atoms with Crippen LogP contribution in [0.2, 0.25) is 0 Å². The van der Waals surface area contributed by atoms with Crippen molar-refractivity contribution in [1.82, 2.24) is 9.80 Å². The van der Waals surface area contributed by atoms with Crippen LogP contribution < -0.4 is 5.73 Å². The Bertz CT molecular complexity index is 151. The van der Waals surface area contributed by atoms with Crippen LogP contribution >= 0.6 is 0 Å². The van der Waals surface area contributed by atoms with Crippen molar-refractivity contribution in [3.8, 4) is 0 Å². The molecule has 1 unspecified atom stereocenters. The Morgan fingerprint density at radius 1 is 1.00 bits per heavy atom. The average molecular weight is 231 g/mol. The van der Waals surface area contributed by atoms with E-state index in [9.17, 15) is 5.11 Å². The van der Waals surface area contributed by atoms with E-state index in [1.807, 2.05) is 0 Å². The summed E-state index contributed by atoms with van der Waals surface area (Å²) in [5.74, 6) is 0. The molecule has 0 saturated heterocycles. The molecule has 16 heavy (non-hydrogen) atoms. The highest BCUT2D eigenvalue weighted by Crippen LogP contribution is 1.97. The molecule has 0 aromatic rings. The van der Waals surface area contributed by atoms with Crippen LogP contribution in [-0.2, 0) is 0 Å². The van der Waals surface area contributed by atoms with Gasteiger partial charge in [0.05, 0.1) is 6.10 Å². The van der Waals surface area contributed by atoms with E-state index in [2.05, 4.69) is 30.6 Å². The molecule has 4 heteroatoms. The van der Waals surface area contributed by atoms with Gasteiger partial charge >= 0.3 is 0 Å². The van der Waals surface area contributed by atoms with E-state index in [1.54, 1.807) is 0 Å². The van der Waals surface area contributed by atoms with Gasteiger partial charge in [-0.25, -0.2) is 0 Å². The Balaban J connectivity index is 3.69. The second-order valence-corrected chi connectivity index (χ2v) is 4.16. The van der Waals surface area contributed by atoms with E-state index in [0.29, 0.717) is 13.1 Å². The standard InChI is InChI=1S/C12H29N3O/c1-4-14(5-2)8-7-9-15(6-3)11-12(16)10-13/h12,16H,4-11,13H2,1-3H3. The maximum Gasteiger partial charge on any atom is 0.0789 e. The lowest BCUT2D eigenvalue weighted by Crippen LogP contribution is -2.38. The highest BCUT2D eigenvalue weighted by molar-refractivity contribution is 4.65. The second-order valence-electron chi connectivity index (χ2n) is 4.16. The van der Waals surface area contributed by atoms with Gasteiger partial charge in [0.25, 0.3) is 0 Å². The summed E-state index contributed by atoms with van der Waals surface area (Å²) in [7, 11) is 0. The Morgan fingerprint density at radius 2 is 1.50 bits per heavy atom. The lowest BCUT2D eigenvalue weighted by atomic mass is 10.3. The first-order valence-electron chi connectivity index (χ1n) is 6.50. The molecule has 98 valence electrons. The van der Waals surface area contributed by atoms with Gasteiger partial charge in [0, 0.05) is 13.1 Å². The predicted molar refractivity (Wildman–Crippen MR) is 69.6 cm³/mol. The number of rotatable bonds is 10. The Hall–Kier alpha value is -0.160. The number of aliphatic hydroxyl groups excluding tert-OH is 1. The summed E-state index contributed by atoms with van der Waals surface area (Å²) in [4.78, 5) is 4.69. The van der Waals surface area contributed by atoms with E-state index in [1.165, 1.54) is 0 Å². The molecule has 4 nitrogen and oxygen atoms in total. The summed E-state index contributed by atoms with van der Waals surface area (Å²) in [5, 5.41) is 9.48. The van der Waals surface area contributed by atoms with Crippen LogP contribution in [0.5, 0.6) is 0 Å². The molecule has 0 bridgehead atoms. The predicted octanol–water partition coefficient (Wildman–Crippen LogP) is 0.360. The van der Waals surface area contributed by atoms with Crippen LogP contribution in [0, 0.1) is 0 Å². The highest BCUT2D eigenvalue weighted by atomic mass is 16.3. The summed E-state index contributed by atoms with van der Waals surface area (Å²) in [6.45, 7) is 13.0. The third kappa shape index (κ3) is 7.17. The summed E-state index contributed by atoms with van der Waals surface area (Å²) in [6, 6.07) is 0. The number of nitrogens with zero attached hydrogens (tertiary/aromatic N) is 2. The van der Waals surface area contributed by atoms with Gasteiger partial charge in [-0.1, -0.05) is 20.8 Å². The van der Waals surface area contributed by atoms with Gasteiger partial charge in [-0.15, -0.1) is 0 Å². The van der Waals surface area contributed by atoms with E-state index < -0.39 is 0 Å². The van der Waals surface area contributed by atoms with Crippen molar-refractivity contribution < 1.29 is 5.11 Å². The van der Waals surface area contributed by atoms with Crippen LogP contribution in [0.3, 0.4) is 0 Å². The molecule has 0 rings (SSSR count). The van der Waals surface area contributed by atoms with Crippen molar-refractivity contribution in [3.63, 3.8) is 0 Å². The minimum absolute atomic E-state index is 0.354. The van der Waals surface area contributed by atoms with Crippen LogP contribution in [-0.4, -0.2) is 66.8 Å². The van der Waals surface area contributed by atoms with Crippen molar-refractivity contribution >= 4 is 0 Å². The minimum atomic E-state index is -0.381. The Kier molecular flexibility index (Phi) is 9.92. The fraction of sp³-hybridized carbons (Fsp3) is 1.00. The third-order valence-electron chi connectivity index (χ3n) is 3.03. The molecule has 0 spiro atoms. The van der Waals surface area contributed by atoms with Gasteiger partial charge in [-0.3, -0.25) is 0 Å². The smallest absolute Gasteiger partial charge is 0.0789 e. The fourth-order valence-corrected chi connectivity index (χ4v) is 1.81. The first-order valence-corrected chi connectivity index (χ1v) is 6.50. The van der Waals surface area contributed by atoms with E-state index in [0.717, 1.165) is 39.1 Å². The Labute approximate surface area is 100 Å². The molecule has 0 amide bonds. The monoisotopic (exact) mass is 231 g/mol. The number of likely N-dealkylation sites (N-methyl/N-ethyl adjacent to an activating group) is 1. The zero-order valence-corrected chi connectivity index (χ0v) is 11.2. The summed E-state index contributed by atoms with van der Waals surface area (Å²) >= 11 is 0. The number of hydrogen-bond acceptors (Lipinski definition) is 4. The van der Waals surface area contributed by atoms with E-state index in [-0.39, 0.29) is 6.10 Å². The lowest BCUT2D eigenvalue weighted by Gasteiger charge is -2.24. The van der Waals surface area contributed by atoms with Crippen LogP contribution in [0.25, 0.3) is 0 Å². The van der Waals surface area contributed by atoms with Crippen molar-refractivity contribution in [2.45, 2.75) is 33.3 Å². The molecule has 0 radical (unpaired) electrons. The van der Waals surface area contributed by atoms with E-state index in [4.69, 9.17) is 5.73 Å². The molecule has 0 fully saturated rings. The summed E-state index contributed by atoms with van der Waals surface area (Å²) in [6.07, 6.45) is 0.778. The van der Waals surface area contributed by atoms with Gasteiger partial charge in [-0.05, 0) is 39.1 Å². The number of nitrogens with two attached hydrogens (primary N) is 1. The molecule has 3 N–H and O–H groups in total.